The zero-order valence-electron chi connectivity index (χ0n) is 18.0. The second-order valence-electron chi connectivity index (χ2n) is 8.71. The van der Waals surface area contributed by atoms with Crippen LogP contribution < -0.4 is 26.0 Å². The van der Waals surface area contributed by atoms with E-state index < -0.39 is 0 Å². The second kappa shape index (κ2) is 8.39. The van der Waals surface area contributed by atoms with E-state index in [1.165, 1.54) is 0 Å². The molecule has 0 saturated carbocycles. The first-order chi connectivity index (χ1) is 14.3. The van der Waals surface area contributed by atoms with Crippen LogP contribution in [0.15, 0.2) is 34.4 Å². The second-order valence-corrected chi connectivity index (χ2v) is 9.72. The van der Waals surface area contributed by atoms with Crippen LogP contribution in [0.5, 0.6) is 11.5 Å². The lowest BCUT2D eigenvalue weighted by molar-refractivity contribution is 0.171. The maximum Gasteiger partial charge on any atom is 0.174 e. The summed E-state index contributed by atoms with van der Waals surface area (Å²) in [6, 6.07) is 6.05. The Bertz CT molecular complexity index is 1060. The number of benzene rings is 1. The van der Waals surface area contributed by atoms with Crippen molar-refractivity contribution in [2.45, 2.75) is 37.4 Å². The van der Waals surface area contributed by atoms with E-state index in [1.807, 2.05) is 18.2 Å². The lowest BCUT2D eigenvalue weighted by atomic mass is 9.95. The van der Waals surface area contributed by atoms with Gasteiger partial charge in [-0.2, -0.15) is 0 Å². The van der Waals surface area contributed by atoms with Crippen molar-refractivity contribution in [2.75, 3.05) is 32.0 Å². The van der Waals surface area contributed by atoms with Crippen LogP contribution in [-0.2, 0) is 6.54 Å². The topological polar surface area (TPSA) is 87.2 Å². The highest BCUT2D eigenvalue weighted by Crippen LogP contribution is 2.36. The molecule has 0 bridgehead atoms. The monoisotopic (exact) mass is 425 g/mol. The summed E-state index contributed by atoms with van der Waals surface area (Å²) in [5.74, 6) is 2.04. The summed E-state index contributed by atoms with van der Waals surface area (Å²) in [5.41, 5.74) is 9.22. The average molecular weight is 425 g/mol. The van der Waals surface area contributed by atoms with E-state index in [4.69, 9.17) is 20.2 Å². The van der Waals surface area contributed by atoms with E-state index >= 15 is 0 Å². The van der Waals surface area contributed by atoms with Crippen molar-refractivity contribution < 1.29 is 9.47 Å². The smallest absolute Gasteiger partial charge is 0.174 e. The highest BCUT2D eigenvalue weighted by atomic mass is 32.2. The zero-order chi connectivity index (χ0) is 21.3. The number of nitrogens with two attached hydrogens (primary N) is 1. The number of nitrogen functional groups attached to an aromatic ring is 1. The molecule has 0 fully saturated rings. The lowest BCUT2D eigenvalue weighted by Crippen LogP contribution is -2.29. The Labute approximate surface area is 182 Å². The minimum absolute atomic E-state index is 0.241. The number of nitrogens with one attached hydrogen (secondary N) is 1. The normalized spacial score (nSPS) is 13.7. The molecule has 0 unspecified atom stereocenters. The molecule has 30 heavy (non-hydrogen) atoms. The number of rotatable bonds is 6. The first-order valence-corrected chi connectivity index (χ1v) is 11.0. The van der Waals surface area contributed by atoms with Crippen molar-refractivity contribution in [1.82, 2.24) is 19.9 Å². The predicted octanol–water partition coefficient (Wildman–Crippen LogP) is 1.83. The maximum atomic E-state index is 6.12. The molecule has 1 aliphatic heterocycles. The molecule has 0 spiro atoms. The van der Waals surface area contributed by atoms with Gasteiger partial charge in [0.25, 0.3) is 0 Å². The quantitative estimate of drug-likeness (QED) is 0.460. The van der Waals surface area contributed by atoms with Crippen molar-refractivity contribution >= 4 is 41.9 Å². The van der Waals surface area contributed by atoms with Crippen LogP contribution in [-0.4, -0.2) is 48.7 Å². The first-order valence-electron chi connectivity index (χ1n) is 10.2. The minimum Gasteiger partial charge on any atom is -0.486 e. The van der Waals surface area contributed by atoms with Crippen LogP contribution in [0.4, 0.5) is 5.82 Å². The molecule has 0 radical (unpaired) electrons. The summed E-state index contributed by atoms with van der Waals surface area (Å²) in [4.78, 5) is 10.1. The van der Waals surface area contributed by atoms with Gasteiger partial charge in [-0.3, -0.25) is 0 Å². The average Bonchev–Trinajstić information content (AvgIpc) is 3.04. The summed E-state index contributed by atoms with van der Waals surface area (Å²) < 4.78 is 13.7. The number of ether oxygens (including phenoxy) is 2. The van der Waals surface area contributed by atoms with Crippen LogP contribution in [0.3, 0.4) is 0 Å². The van der Waals surface area contributed by atoms with Gasteiger partial charge < -0.3 is 25.1 Å². The number of nitrogens with zero attached hydrogens (tertiary/aromatic N) is 3. The van der Waals surface area contributed by atoms with E-state index in [2.05, 4.69) is 43.5 Å². The molecule has 0 atom stereocenters. The van der Waals surface area contributed by atoms with Crippen molar-refractivity contribution in [3.63, 3.8) is 0 Å². The number of imidazole rings is 1. The Hall–Kier alpha value is -2.39. The van der Waals surface area contributed by atoms with Crippen LogP contribution in [0.25, 0.3) is 11.0 Å². The van der Waals surface area contributed by atoms with Gasteiger partial charge in [-0.05, 0) is 23.6 Å². The summed E-state index contributed by atoms with van der Waals surface area (Å²) in [6.07, 6.45) is 1.74. The molecule has 0 aliphatic carbocycles. The molecule has 4 rings (SSSR count). The number of hydrogen-bond acceptors (Lipinski definition) is 7. The van der Waals surface area contributed by atoms with Gasteiger partial charge in [-0.15, -0.1) is 0 Å². The van der Waals surface area contributed by atoms with Crippen molar-refractivity contribution in [2.24, 2.45) is 5.41 Å². The van der Waals surface area contributed by atoms with Crippen molar-refractivity contribution in [3.05, 3.63) is 24.4 Å². The fourth-order valence-electron chi connectivity index (χ4n) is 3.38. The third-order valence-electron chi connectivity index (χ3n) is 4.87. The Kier molecular flexibility index (Phi) is 5.84. The van der Waals surface area contributed by atoms with Crippen molar-refractivity contribution in [3.8, 4) is 11.5 Å². The highest BCUT2D eigenvalue weighted by molar-refractivity contribution is 7.99. The molecule has 0 amide bonds. The Balaban J connectivity index is 1.64. The van der Waals surface area contributed by atoms with Gasteiger partial charge in [-0.1, -0.05) is 38.0 Å². The fourth-order valence-corrected chi connectivity index (χ4v) is 4.40. The molecular weight excluding hydrogens is 397 g/mol. The first kappa shape index (κ1) is 20.9. The molecule has 158 valence electrons. The van der Waals surface area contributed by atoms with Crippen LogP contribution in [0, 0.1) is 5.41 Å². The summed E-state index contributed by atoms with van der Waals surface area (Å²) in [5, 5.41) is 4.44. The maximum absolute atomic E-state index is 6.12. The van der Waals surface area contributed by atoms with Crippen LogP contribution in [0.2, 0.25) is 0 Å². The molecule has 1 aliphatic rings. The summed E-state index contributed by atoms with van der Waals surface area (Å²) in [6.45, 7) is 10.4. The lowest BCUT2D eigenvalue weighted by Gasteiger charge is -2.20. The van der Waals surface area contributed by atoms with Gasteiger partial charge in [0.2, 0.25) is 0 Å². The number of hydrogen-bond donors (Lipinski definition) is 2. The van der Waals surface area contributed by atoms with E-state index in [-0.39, 0.29) is 5.41 Å². The molecule has 0 saturated heterocycles. The van der Waals surface area contributed by atoms with Gasteiger partial charge in [-0.25, -0.2) is 9.97 Å². The Morgan fingerprint density at radius 2 is 1.97 bits per heavy atom. The Morgan fingerprint density at radius 1 is 1.23 bits per heavy atom. The molecule has 3 aromatic rings. The number of fused-ring (bicyclic) bond motifs is 2. The van der Waals surface area contributed by atoms with Gasteiger partial charge in [0.1, 0.15) is 26.6 Å². The van der Waals surface area contributed by atoms with Crippen LogP contribution >= 0.6 is 11.8 Å². The Morgan fingerprint density at radius 3 is 2.70 bits per heavy atom. The van der Waals surface area contributed by atoms with E-state index in [1.54, 1.807) is 18.0 Å². The highest BCUT2D eigenvalue weighted by Gasteiger charge is 2.19. The largest absolute Gasteiger partial charge is 0.486 e. The van der Waals surface area contributed by atoms with E-state index in [0.717, 1.165) is 57.7 Å². The standard InChI is InChI=1S/C21H28BN5O2S/c1-21(2,3)12-24-6-7-27-14-4-5-25-19(23)18(14)26-20(27)30-17-11-16-15(10-13(17)22)28-8-9-29-16/h4-5,10-11,24H,6-9,12,22H2,1-3H3,(H2,23,25). The molecule has 3 N–H and O–H groups in total. The number of pyridine rings is 1. The summed E-state index contributed by atoms with van der Waals surface area (Å²) >= 11 is 1.62. The third-order valence-corrected chi connectivity index (χ3v) is 6.02. The number of aromatic nitrogens is 3. The van der Waals surface area contributed by atoms with Gasteiger partial charge in [0.05, 0.1) is 5.52 Å². The van der Waals surface area contributed by atoms with E-state index in [9.17, 15) is 0 Å². The molecule has 2 aromatic heterocycles. The van der Waals surface area contributed by atoms with Gasteiger partial charge in [0, 0.05) is 30.7 Å². The van der Waals surface area contributed by atoms with E-state index in [0.29, 0.717) is 19.0 Å². The summed E-state index contributed by atoms with van der Waals surface area (Å²) in [7, 11) is 2.08. The zero-order valence-corrected chi connectivity index (χ0v) is 18.8. The molecular formula is C21H28BN5O2S. The molecule has 7 nitrogen and oxygen atoms in total. The van der Waals surface area contributed by atoms with Crippen molar-refractivity contribution in [1.29, 1.82) is 0 Å². The minimum atomic E-state index is 0.241. The third kappa shape index (κ3) is 4.52. The molecule has 1 aromatic carbocycles. The molecule has 3 heterocycles. The SMILES string of the molecule is Bc1cc2c(cc1Sc1nc3c(N)nccc3n1CCNCC(C)(C)C)OCCO2. The predicted molar refractivity (Wildman–Crippen MR) is 124 cm³/mol. The van der Waals surface area contributed by atoms with Gasteiger partial charge in [0.15, 0.2) is 22.5 Å². The van der Waals surface area contributed by atoms with Gasteiger partial charge >= 0.3 is 0 Å². The fraction of sp³-hybridized carbons (Fsp3) is 0.429. The number of anilines is 1. The molecule has 9 heteroatoms. The van der Waals surface area contributed by atoms with Crippen LogP contribution in [0.1, 0.15) is 20.8 Å².